The van der Waals surface area contributed by atoms with E-state index in [1.54, 1.807) is 24.3 Å². The minimum Gasteiger partial charge on any atom is -0.497 e. The first-order valence-corrected chi connectivity index (χ1v) is 9.74. The van der Waals surface area contributed by atoms with Gasteiger partial charge in [0.2, 0.25) is 0 Å². The smallest absolute Gasteiger partial charge is 0.416 e. The van der Waals surface area contributed by atoms with Crippen molar-refractivity contribution in [1.82, 2.24) is 4.57 Å². The lowest BCUT2D eigenvalue weighted by Crippen LogP contribution is -2.13. The van der Waals surface area contributed by atoms with Crippen molar-refractivity contribution in [2.24, 2.45) is 5.73 Å². The van der Waals surface area contributed by atoms with Crippen LogP contribution in [-0.2, 0) is 25.3 Å². The summed E-state index contributed by atoms with van der Waals surface area (Å²) in [4.78, 5) is 11.9. The number of primary amides is 1. The van der Waals surface area contributed by atoms with Crippen molar-refractivity contribution in [3.8, 4) is 17.0 Å². The number of carbonyl (C=O) groups excluding carboxylic acids is 1. The van der Waals surface area contributed by atoms with E-state index in [1.165, 1.54) is 24.7 Å². The van der Waals surface area contributed by atoms with Crippen LogP contribution in [0.5, 0.6) is 5.75 Å². The lowest BCUT2D eigenvalue weighted by molar-refractivity contribution is -0.143. The predicted molar refractivity (Wildman–Crippen MR) is 110 cm³/mol. The average Bonchev–Trinajstić information content (AvgIpc) is 3.07. The van der Waals surface area contributed by atoms with E-state index in [9.17, 15) is 31.1 Å². The van der Waals surface area contributed by atoms with Gasteiger partial charge in [-0.25, -0.2) is 0 Å². The number of nitrogens with zero attached hydrogens (tertiary/aromatic N) is 1. The summed E-state index contributed by atoms with van der Waals surface area (Å²) in [7, 11) is 1.51. The maximum atomic E-state index is 13.3. The van der Waals surface area contributed by atoms with Crippen molar-refractivity contribution < 1.29 is 35.9 Å². The summed E-state index contributed by atoms with van der Waals surface area (Å²) < 4.78 is 86.6. The van der Waals surface area contributed by atoms with E-state index in [-0.39, 0.29) is 29.4 Å². The second-order valence-corrected chi connectivity index (χ2v) is 7.44. The molecule has 10 heteroatoms. The van der Waals surface area contributed by atoms with Gasteiger partial charge in [-0.2, -0.15) is 26.3 Å². The molecule has 3 aromatic rings. The molecule has 0 fully saturated rings. The van der Waals surface area contributed by atoms with Gasteiger partial charge in [0.15, 0.2) is 0 Å². The Hall–Kier alpha value is -3.43. The Kier molecular flexibility index (Phi) is 6.49. The molecule has 33 heavy (non-hydrogen) atoms. The van der Waals surface area contributed by atoms with Crippen LogP contribution in [0.1, 0.15) is 32.7 Å². The highest BCUT2D eigenvalue weighted by Gasteiger charge is 2.37. The number of methoxy groups -OCH3 is 1. The molecule has 1 aromatic heterocycles. The molecule has 4 nitrogen and oxygen atoms in total. The number of carbonyl (C=O) groups is 1. The zero-order valence-electron chi connectivity index (χ0n) is 17.6. The molecule has 0 aliphatic rings. The summed E-state index contributed by atoms with van der Waals surface area (Å²) in [5, 5.41) is 0. The molecule has 2 N–H and O–H groups in total. The quantitative estimate of drug-likeness (QED) is 0.460. The Labute approximate surface area is 185 Å². The standard InChI is InChI=1S/C23H20F6N2O2/c1-13-19(21(30)32)12-20(31(13)8-7-14-3-5-18(33-2)6-4-14)15-9-16(22(24,25)26)11-17(10-15)23(27,28)29/h3-6,9-12H,7-8H2,1-2H3,(H2,30,32). The van der Waals surface area contributed by atoms with E-state index >= 15 is 0 Å². The van der Waals surface area contributed by atoms with Crippen LogP contribution in [0.15, 0.2) is 48.5 Å². The molecule has 0 spiro atoms. The second kappa shape index (κ2) is 8.84. The number of ether oxygens (including phenoxy) is 1. The monoisotopic (exact) mass is 470 g/mol. The Morgan fingerprint density at radius 1 is 0.939 bits per heavy atom. The van der Waals surface area contributed by atoms with E-state index < -0.39 is 29.4 Å². The Morgan fingerprint density at radius 3 is 1.94 bits per heavy atom. The van der Waals surface area contributed by atoms with Crippen LogP contribution < -0.4 is 10.5 Å². The van der Waals surface area contributed by atoms with Crippen LogP contribution in [0.4, 0.5) is 26.3 Å². The summed E-state index contributed by atoms with van der Waals surface area (Å²) >= 11 is 0. The summed E-state index contributed by atoms with van der Waals surface area (Å²) in [5.74, 6) is -0.198. The van der Waals surface area contributed by atoms with E-state index in [0.717, 1.165) is 5.56 Å². The van der Waals surface area contributed by atoms with Gasteiger partial charge in [-0.15, -0.1) is 0 Å². The predicted octanol–water partition coefficient (Wildman–Crippen LogP) is 5.85. The first kappa shape index (κ1) is 24.2. The molecular formula is C23H20F6N2O2. The van der Waals surface area contributed by atoms with Gasteiger partial charge in [-0.3, -0.25) is 4.79 Å². The van der Waals surface area contributed by atoms with Crippen molar-refractivity contribution >= 4 is 5.91 Å². The Bertz CT molecular complexity index is 1130. The topological polar surface area (TPSA) is 57.2 Å². The summed E-state index contributed by atoms with van der Waals surface area (Å²) in [6.07, 6.45) is -9.58. The lowest BCUT2D eigenvalue weighted by Gasteiger charge is -2.17. The molecule has 3 rings (SSSR count). The number of hydrogen-bond acceptors (Lipinski definition) is 2. The molecular weight excluding hydrogens is 450 g/mol. The SMILES string of the molecule is COc1ccc(CCn2c(-c3cc(C(F)(F)F)cc(C(F)(F)F)c3)cc(C(N)=O)c2C)cc1. The first-order chi connectivity index (χ1) is 15.3. The van der Waals surface area contributed by atoms with Crippen LogP contribution >= 0.6 is 0 Å². The molecule has 1 heterocycles. The number of amides is 1. The fraction of sp³-hybridized carbons (Fsp3) is 0.261. The number of aromatic nitrogens is 1. The normalized spacial score (nSPS) is 12.1. The highest BCUT2D eigenvalue weighted by Crippen LogP contribution is 2.39. The molecule has 0 aliphatic heterocycles. The number of aryl methyl sites for hydroxylation is 1. The van der Waals surface area contributed by atoms with Crippen molar-refractivity contribution in [1.29, 1.82) is 0 Å². The number of nitrogens with two attached hydrogens (primary N) is 1. The van der Waals surface area contributed by atoms with Crippen LogP contribution in [0.25, 0.3) is 11.3 Å². The third-order valence-corrected chi connectivity index (χ3v) is 5.30. The van der Waals surface area contributed by atoms with Gasteiger partial charge in [0, 0.05) is 17.9 Å². The van der Waals surface area contributed by atoms with Crippen molar-refractivity contribution in [2.45, 2.75) is 32.2 Å². The van der Waals surface area contributed by atoms with E-state index in [4.69, 9.17) is 10.5 Å². The van der Waals surface area contributed by atoms with E-state index in [1.807, 2.05) is 0 Å². The van der Waals surface area contributed by atoms with Crippen molar-refractivity contribution in [2.75, 3.05) is 7.11 Å². The van der Waals surface area contributed by atoms with Crippen LogP contribution in [-0.4, -0.2) is 17.6 Å². The number of rotatable bonds is 6. The molecule has 176 valence electrons. The maximum absolute atomic E-state index is 13.3. The van der Waals surface area contributed by atoms with Gasteiger partial charge in [-0.1, -0.05) is 12.1 Å². The Balaban J connectivity index is 2.12. The van der Waals surface area contributed by atoms with Gasteiger partial charge >= 0.3 is 12.4 Å². The van der Waals surface area contributed by atoms with Gasteiger partial charge in [0.1, 0.15) is 5.75 Å². The molecule has 0 atom stereocenters. The molecule has 0 unspecified atom stereocenters. The van der Waals surface area contributed by atoms with Gasteiger partial charge in [0.05, 0.1) is 23.8 Å². The number of benzene rings is 2. The van der Waals surface area contributed by atoms with Crippen LogP contribution in [0.3, 0.4) is 0 Å². The maximum Gasteiger partial charge on any atom is 0.416 e. The largest absolute Gasteiger partial charge is 0.497 e. The van der Waals surface area contributed by atoms with Crippen molar-refractivity contribution in [3.63, 3.8) is 0 Å². The summed E-state index contributed by atoms with van der Waals surface area (Å²) in [5.41, 5.74) is 3.45. The zero-order valence-corrected chi connectivity index (χ0v) is 17.6. The fourth-order valence-electron chi connectivity index (χ4n) is 3.56. The summed E-state index contributed by atoms with van der Waals surface area (Å²) in [6.45, 7) is 1.73. The third kappa shape index (κ3) is 5.32. The Morgan fingerprint density at radius 2 is 1.48 bits per heavy atom. The molecule has 0 saturated heterocycles. The molecule has 0 aliphatic carbocycles. The minimum atomic E-state index is -4.99. The van der Waals surface area contributed by atoms with E-state index in [2.05, 4.69) is 0 Å². The van der Waals surface area contributed by atoms with Crippen LogP contribution in [0.2, 0.25) is 0 Å². The van der Waals surface area contributed by atoms with Crippen LogP contribution in [0, 0.1) is 6.92 Å². The van der Waals surface area contributed by atoms with Gasteiger partial charge in [-0.05, 0) is 60.9 Å². The average molecular weight is 470 g/mol. The second-order valence-electron chi connectivity index (χ2n) is 7.44. The molecule has 0 radical (unpaired) electrons. The zero-order chi connectivity index (χ0) is 24.6. The van der Waals surface area contributed by atoms with E-state index in [0.29, 0.717) is 30.0 Å². The van der Waals surface area contributed by atoms with Gasteiger partial charge in [0.25, 0.3) is 5.91 Å². The minimum absolute atomic E-state index is 0.0192. The number of alkyl halides is 6. The molecule has 2 aromatic carbocycles. The molecule has 0 saturated carbocycles. The summed E-state index contributed by atoms with van der Waals surface area (Å²) in [6, 6.07) is 9.61. The number of halogens is 6. The highest BCUT2D eigenvalue weighted by atomic mass is 19.4. The third-order valence-electron chi connectivity index (χ3n) is 5.30. The van der Waals surface area contributed by atoms with Crippen molar-refractivity contribution in [3.05, 3.63) is 76.5 Å². The number of hydrogen-bond donors (Lipinski definition) is 1. The molecule has 0 bridgehead atoms. The first-order valence-electron chi connectivity index (χ1n) is 9.74. The molecule has 1 amide bonds. The highest BCUT2D eigenvalue weighted by molar-refractivity contribution is 5.95. The van der Waals surface area contributed by atoms with Gasteiger partial charge < -0.3 is 15.0 Å². The fourth-order valence-corrected chi connectivity index (χ4v) is 3.56. The lowest BCUT2D eigenvalue weighted by atomic mass is 10.0.